The van der Waals surface area contributed by atoms with Gasteiger partial charge < -0.3 is 24.9 Å². The number of aliphatic carboxylic acids is 1. The molecule has 0 aliphatic heterocycles. The monoisotopic (exact) mass is 444 g/mol. The molecule has 2 amide bonds. The Kier molecular flexibility index (Phi) is 7.17. The minimum Gasteiger partial charge on any atom is -0.483 e. The molecule has 1 heterocycles. The lowest BCUT2D eigenvalue weighted by atomic mass is 9.99. The Morgan fingerprint density at radius 2 is 1.91 bits per heavy atom. The molecule has 0 bridgehead atoms. The molecule has 1 aliphatic rings. The van der Waals surface area contributed by atoms with Crippen LogP contribution in [0.1, 0.15) is 43.4 Å². The average Bonchev–Trinajstić information content (AvgIpc) is 3.26. The highest BCUT2D eigenvalue weighted by Crippen LogP contribution is 2.32. The fraction of sp³-hybridized carbons (Fsp3) is 0.478. The van der Waals surface area contributed by atoms with Crippen LogP contribution in [0.25, 0.3) is 11.0 Å². The van der Waals surface area contributed by atoms with Crippen molar-refractivity contribution in [3.63, 3.8) is 0 Å². The molecular weight excluding hydrogens is 416 g/mol. The molecule has 172 valence electrons. The fourth-order valence-electron chi connectivity index (χ4n) is 3.90. The van der Waals surface area contributed by atoms with E-state index in [0.29, 0.717) is 23.3 Å². The maximum Gasteiger partial charge on any atom is 0.339 e. The van der Waals surface area contributed by atoms with E-state index in [9.17, 15) is 24.3 Å². The van der Waals surface area contributed by atoms with Crippen molar-refractivity contribution >= 4 is 28.8 Å². The van der Waals surface area contributed by atoms with Crippen LogP contribution < -0.4 is 21.0 Å². The smallest absolute Gasteiger partial charge is 0.339 e. The van der Waals surface area contributed by atoms with Gasteiger partial charge in [0.2, 0.25) is 5.91 Å². The highest BCUT2D eigenvalue weighted by molar-refractivity contribution is 5.89. The van der Waals surface area contributed by atoms with E-state index < -0.39 is 23.8 Å². The van der Waals surface area contributed by atoms with Crippen LogP contribution in [0.2, 0.25) is 0 Å². The van der Waals surface area contributed by atoms with Gasteiger partial charge in [-0.1, -0.05) is 20.3 Å². The van der Waals surface area contributed by atoms with E-state index >= 15 is 0 Å². The molecule has 9 nitrogen and oxygen atoms in total. The summed E-state index contributed by atoms with van der Waals surface area (Å²) in [5, 5.41) is 14.9. The Morgan fingerprint density at radius 1 is 1.19 bits per heavy atom. The van der Waals surface area contributed by atoms with E-state index in [1.54, 1.807) is 19.9 Å². The molecule has 0 unspecified atom stereocenters. The summed E-state index contributed by atoms with van der Waals surface area (Å²) in [6.07, 6.45) is 3.07. The van der Waals surface area contributed by atoms with Gasteiger partial charge in [0.1, 0.15) is 17.4 Å². The number of hydrogen-bond donors (Lipinski definition) is 3. The third-order valence-corrected chi connectivity index (χ3v) is 5.94. The summed E-state index contributed by atoms with van der Waals surface area (Å²) >= 11 is 0. The summed E-state index contributed by atoms with van der Waals surface area (Å²) in [5.74, 6) is -2.09. The standard InChI is InChI=1S/C23H28N2O7/c1-4-12(2)20(22(28)29)25-18(26)10-24-19(27)11-31-17-9-8-15-14-6-5-7-16(14)23(30)32-21(15)13(17)3/h8-9,12,20H,4-7,10-11H2,1-3H3,(H,24,27)(H,25,26)(H,28,29)/t12-,20-/m1/s1. The van der Waals surface area contributed by atoms with Gasteiger partial charge >= 0.3 is 11.6 Å². The van der Waals surface area contributed by atoms with Crippen LogP contribution in [-0.2, 0) is 27.2 Å². The van der Waals surface area contributed by atoms with E-state index in [4.69, 9.17) is 9.15 Å². The SMILES string of the molecule is CC[C@@H](C)[C@@H](NC(=O)CNC(=O)COc1ccc2c3c(c(=O)oc2c1C)CCC3)C(=O)O. The van der Waals surface area contributed by atoms with Crippen LogP contribution >= 0.6 is 0 Å². The lowest BCUT2D eigenvalue weighted by Crippen LogP contribution is -2.48. The van der Waals surface area contributed by atoms with Gasteiger partial charge in [-0.3, -0.25) is 9.59 Å². The van der Waals surface area contributed by atoms with E-state index in [0.717, 1.165) is 35.8 Å². The molecule has 0 radical (unpaired) electrons. The predicted molar refractivity (Wildman–Crippen MR) is 117 cm³/mol. The summed E-state index contributed by atoms with van der Waals surface area (Å²) in [4.78, 5) is 47.6. The van der Waals surface area contributed by atoms with Crippen molar-refractivity contribution in [3.05, 3.63) is 39.2 Å². The molecule has 1 aromatic carbocycles. The third-order valence-electron chi connectivity index (χ3n) is 5.94. The zero-order chi connectivity index (χ0) is 23.4. The van der Waals surface area contributed by atoms with Crippen LogP contribution in [-0.4, -0.2) is 42.1 Å². The minimum atomic E-state index is -1.12. The number of nitrogens with one attached hydrogen (secondary N) is 2. The van der Waals surface area contributed by atoms with Crippen molar-refractivity contribution in [1.82, 2.24) is 10.6 Å². The van der Waals surface area contributed by atoms with Crippen LogP contribution in [0.15, 0.2) is 21.3 Å². The summed E-state index contributed by atoms with van der Waals surface area (Å²) in [7, 11) is 0. The molecule has 0 fully saturated rings. The molecule has 0 saturated carbocycles. The Labute approximate surface area is 185 Å². The normalized spacial score (nSPS) is 14.5. The van der Waals surface area contributed by atoms with Crippen molar-refractivity contribution in [3.8, 4) is 5.75 Å². The van der Waals surface area contributed by atoms with Gasteiger partial charge in [0, 0.05) is 16.5 Å². The first-order valence-electron chi connectivity index (χ1n) is 10.7. The first kappa shape index (κ1) is 23.3. The molecule has 0 saturated heterocycles. The van der Waals surface area contributed by atoms with E-state index in [-0.39, 0.29) is 24.7 Å². The van der Waals surface area contributed by atoms with Crippen LogP contribution in [0, 0.1) is 12.8 Å². The zero-order valence-electron chi connectivity index (χ0n) is 18.4. The number of aryl methyl sites for hydroxylation is 2. The van der Waals surface area contributed by atoms with Crippen molar-refractivity contribution < 1.29 is 28.6 Å². The molecule has 2 atom stereocenters. The van der Waals surface area contributed by atoms with Gasteiger partial charge in [-0.05, 0) is 49.8 Å². The van der Waals surface area contributed by atoms with Gasteiger partial charge in [0.05, 0.1) is 6.54 Å². The maximum atomic E-state index is 12.2. The van der Waals surface area contributed by atoms with Gasteiger partial charge in [0.25, 0.3) is 5.91 Å². The van der Waals surface area contributed by atoms with Crippen molar-refractivity contribution in [2.24, 2.45) is 5.92 Å². The second kappa shape index (κ2) is 9.84. The first-order valence-corrected chi connectivity index (χ1v) is 10.7. The zero-order valence-corrected chi connectivity index (χ0v) is 18.4. The number of fused-ring (bicyclic) bond motifs is 3. The van der Waals surface area contributed by atoms with Gasteiger partial charge in [0.15, 0.2) is 6.61 Å². The highest BCUT2D eigenvalue weighted by atomic mass is 16.5. The molecule has 32 heavy (non-hydrogen) atoms. The average molecular weight is 444 g/mol. The molecule has 3 N–H and O–H groups in total. The summed E-state index contributed by atoms with van der Waals surface area (Å²) in [5.41, 5.74) is 2.51. The number of carboxylic acids is 1. The van der Waals surface area contributed by atoms with E-state index in [1.165, 1.54) is 0 Å². The fourth-order valence-corrected chi connectivity index (χ4v) is 3.90. The Hall–Kier alpha value is -3.36. The number of benzene rings is 1. The molecule has 9 heteroatoms. The first-order chi connectivity index (χ1) is 15.2. The Balaban J connectivity index is 1.59. The van der Waals surface area contributed by atoms with Crippen LogP contribution in [0.4, 0.5) is 0 Å². The highest BCUT2D eigenvalue weighted by Gasteiger charge is 2.25. The third kappa shape index (κ3) is 4.92. The van der Waals surface area contributed by atoms with Gasteiger partial charge in [-0.25, -0.2) is 9.59 Å². The number of carbonyl (C=O) groups is 3. The quantitative estimate of drug-likeness (QED) is 0.501. The van der Waals surface area contributed by atoms with E-state index in [2.05, 4.69) is 10.6 Å². The Morgan fingerprint density at radius 3 is 2.59 bits per heavy atom. The Bertz CT molecular complexity index is 1110. The number of hydrogen-bond acceptors (Lipinski definition) is 6. The largest absolute Gasteiger partial charge is 0.483 e. The number of carboxylic acid groups (broad SMARTS) is 1. The number of rotatable bonds is 9. The minimum absolute atomic E-state index is 0.243. The molecule has 1 aliphatic carbocycles. The molecular formula is C23H28N2O7. The van der Waals surface area contributed by atoms with Gasteiger partial charge in [-0.2, -0.15) is 0 Å². The van der Waals surface area contributed by atoms with Crippen LogP contribution in [0.3, 0.4) is 0 Å². The van der Waals surface area contributed by atoms with E-state index in [1.807, 2.05) is 13.0 Å². The lowest BCUT2D eigenvalue weighted by molar-refractivity contribution is -0.143. The van der Waals surface area contributed by atoms with Gasteiger partial charge in [-0.15, -0.1) is 0 Å². The number of carbonyl (C=O) groups excluding carboxylic acids is 2. The molecule has 1 aromatic heterocycles. The molecule has 2 aromatic rings. The lowest BCUT2D eigenvalue weighted by Gasteiger charge is -2.20. The molecule has 0 spiro atoms. The predicted octanol–water partition coefficient (Wildman–Crippen LogP) is 1.70. The van der Waals surface area contributed by atoms with Crippen molar-refractivity contribution in [2.75, 3.05) is 13.2 Å². The van der Waals surface area contributed by atoms with Crippen molar-refractivity contribution in [2.45, 2.75) is 52.5 Å². The summed E-state index contributed by atoms with van der Waals surface area (Å²) in [6, 6.07) is 2.55. The second-order valence-electron chi connectivity index (χ2n) is 8.10. The number of ether oxygens (including phenoxy) is 1. The van der Waals surface area contributed by atoms with Crippen molar-refractivity contribution in [1.29, 1.82) is 0 Å². The summed E-state index contributed by atoms with van der Waals surface area (Å²) in [6.45, 7) is 4.61. The molecule has 3 rings (SSSR count). The summed E-state index contributed by atoms with van der Waals surface area (Å²) < 4.78 is 11.1. The maximum absolute atomic E-state index is 12.2. The van der Waals surface area contributed by atoms with Crippen LogP contribution in [0.5, 0.6) is 5.75 Å². The topological polar surface area (TPSA) is 135 Å². The number of amides is 2. The second-order valence-corrected chi connectivity index (χ2v) is 8.10.